The zero-order chi connectivity index (χ0) is 23.6. The van der Waals surface area contributed by atoms with E-state index in [0.29, 0.717) is 18.8 Å². The Morgan fingerprint density at radius 1 is 1.00 bits per heavy atom. The summed E-state index contributed by atoms with van der Waals surface area (Å²) < 4.78 is 15.1. The SMILES string of the molecule is COc1cc(C=CC(=O)OCCCCCCCCCCC(=O)OC[C@H](O)CO)ccc1O. The van der Waals surface area contributed by atoms with E-state index in [1.54, 1.807) is 18.2 Å². The van der Waals surface area contributed by atoms with Crippen LogP contribution in [0.15, 0.2) is 24.3 Å². The summed E-state index contributed by atoms with van der Waals surface area (Å²) in [5.41, 5.74) is 0.731. The predicted molar refractivity (Wildman–Crippen MR) is 120 cm³/mol. The number of aliphatic hydroxyl groups is 2. The predicted octanol–water partition coefficient (Wildman–Crippen LogP) is 3.36. The van der Waals surface area contributed by atoms with Crippen molar-refractivity contribution in [2.45, 2.75) is 63.9 Å². The van der Waals surface area contributed by atoms with E-state index >= 15 is 0 Å². The molecule has 1 atom stereocenters. The van der Waals surface area contributed by atoms with E-state index in [2.05, 4.69) is 0 Å². The molecule has 0 unspecified atom stereocenters. The summed E-state index contributed by atoms with van der Waals surface area (Å²) in [5.74, 6) is -0.354. The minimum atomic E-state index is -1.01. The van der Waals surface area contributed by atoms with E-state index in [9.17, 15) is 14.7 Å². The highest BCUT2D eigenvalue weighted by molar-refractivity contribution is 5.87. The summed E-state index contributed by atoms with van der Waals surface area (Å²) in [6.07, 6.45) is 10.1. The first-order valence-electron chi connectivity index (χ1n) is 11.1. The fourth-order valence-corrected chi connectivity index (χ4v) is 2.93. The average Bonchev–Trinajstić information content (AvgIpc) is 2.80. The Morgan fingerprint density at radius 3 is 2.31 bits per heavy atom. The third-order valence-electron chi connectivity index (χ3n) is 4.78. The molecule has 0 amide bonds. The molecule has 0 fully saturated rings. The third-order valence-corrected chi connectivity index (χ3v) is 4.78. The first-order valence-corrected chi connectivity index (χ1v) is 11.1. The van der Waals surface area contributed by atoms with Crippen molar-refractivity contribution in [3.8, 4) is 11.5 Å². The van der Waals surface area contributed by atoms with Crippen molar-refractivity contribution < 1.29 is 39.1 Å². The lowest BCUT2D eigenvalue weighted by Gasteiger charge is -2.08. The maximum atomic E-state index is 11.8. The smallest absolute Gasteiger partial charge is 0.330 e. The quantitative estimate of drug-likeness (QED) is 0.187. The van der Waals surface area contributed by atoms with Crippen molar-refractivity contribution in [2.75, 3.05) is 26.9 Å². The molecular formula is C24H36O8. The summed E-state index contributed by atoms with van der Waals surface area (Å²) in [4.78, 5) is 23.2. The third kappa shape index (κ3) is 13.0. The Balaban J connectivity index is 1.97. The van der Waals surface area contributed by atoms with E-state index in [-0.39, 0.29) is 18.3 Å². The molecule has 1 aromatic rings. The molecule has 0 aromatic heterocycles. The molecule has 8 nitrogen and oxygen atoms in total. The van der Waals surface area contributed by atoms with E-state index in [1.165, 1.54) is 19.3 Å². The number of aromatic hydroxyl groups is 1. The number of phenolic OH excluding ortho intramolecular Hbond substituents is 1. The Morgan fingerprint density at radius 2 is 1.66 bits per heavy atom. The van der Waals surface area contributed by atoms with Crippen molar-refractivity contribution in [1.82, 2.24) is 0 Å². The highest BCUT2D eigenvalue weighted by Crippen LogP contribution is 2.26. The molecule has 180 valence electrons. The molecule has 1 rings (SSSR count). The van der Waals surface area contributed by atoms with E-state index < -0.39 is 18.7 Å². The molecule has 3 N–H and O–H groups in total. The number of benzene rings is 1. The Bertz CT molecular complexity index is 701. The topological polar surface area (TPSA) is 123 Å². The van der Waals surface area contributed by atoms with Crippen LogP contribution in [-0.4, -0.2) is 60.3 Å². The standard InChI is InChI=1S/C24H36O8/c1-30-22-16-19(11-13-21(22)27)12-14-24(29)31-15-9-7-5-3-2-4-6-8-10-23(28)32-18-20(26)17-25/h11-14,16,20,25-27H,2-10,15,17-18H2,1H3/t20-/m1/s1. The zero-order valence-electron chi connectivity index (χ0n) is 18.8. The van der Waals surface area contributed by atoms with Crippen LogP contribution in [0.25, 0.3) is 6.08 Å². The van der Waals surface area contributed by atoms with Crippen LogP contribution < -0.4 is 4.74 Å². The first-order chi connectivity index (χ1) is 15.5. The minimum Gasteiger partial charge on any atom is -0.504 e. The minimum absolute atomic E-state index is 0.0451. The fourth-order valence-electron chi connectivity index (χ4n) is 2.93. The molecule has 0 radical (unpaired) electrons. The molecule has 1 aromatic carbocycles. The molecule has 0 aliphatic rings. The number of phenols is 1. The number of ether oxygens (including phenoxy) is 3. The summed E-state index contributed by atoms with van der Waals surface area (Å²) >= 11 is 0. The van der Waals surface area contributed by atoms with Gasteiger partial charge < -0.3 is 29.5 Å². The number of rotatable bonds is 17. The number of aliphatic hydroxyl groups excluding tert-OH is 2. The van der Waals surface area contributed by atoms with Crippen molar-refractivity contribution >= 4 is 18.0 Å². The van der Waals surface area contributed by atoms with Crippen LogP contribution in [0.2, 0.25) is 0 Å². The molecule has 0 spiro atoms. The largest absolute Gasteiger partial charge is 0.504 e. The monoisotopic (exact) mass is 452 g/mol. The number of hydrogen-bond donors (Lipinski definition) is 3. The van der Waals surface area contributed by atoms with Crippen molar-refractivity contribution in [3.05, 3.63) is 29.8 Å². The van der Waals surface area contributed by atoms with Gasteiger partial charge in [0.2, 0.25) is 0 Å². The Hall–Kier alpha value is -2.58. The lowest BCUT2D eigenvalue weighted by Crippen LogP contribution is -2.21. The highest BCUT2D eigenvalue weighted by atomic mass is 16.5. The lowest BCUT2D eigenvalue weighted by molar-refractivity contribution is -0.147. The molecule has 0 aliphatic carbocycles. The van der Waals surface area contributed by atoms with Gasteiger partial charge in [0.1, 0.15) is 12.7 Å². The van der Waals surface area contributed by atoms with Gasteiger partial charge in [-0.2, -0.15) is 0 Å². The molecule has 0 aliphatic heterocycles. The maximum absolute atomic E-state index is 11.8. The number of carbonyl (C=O) groups is 2. The van der Waals surface area contributed by atoms with Crippen molar-refractivity contribution in [1.29, 1.82) is 0 Å². The molecule has 0 bridgehead atoms. The summed E-state index contributed by atoms with van der Waals surface area (Å²) in [6.45, 7) is -0.187. The maximum Gasteiger partial charge on any atom is 0.330 e. The first kappa shape index (κ1) is 27.5. The summed E-state index contributed by atoms with van der Waals surface area (Å²) in [7, 11) is 1.46. The number of carbonyl (C=O) groups excluding carboxylic acids is 2. The van der Waals surface area contributed by atoms with Crippen LogP contribution in [0.3, 0.4) is 0 Å². The zero-order valence-corrected chi connectivity index (χ0v) is 18.8. The summed E-state index contributed by atoms with van der Waals surface area (Å²) in [5, 5.41) is 27.3. The van der Waals surface area contributed by atoms with Crippen LogP contribution in [-0.2, 0) is 19.1 Å². The van der Waals surface area contributed by atoms with Crippen molar-refractivity contribution in [2.24, 2.45) is 0 Å². The number of hydrogen-bond acceptors (Lipinski definition) is 8. The van der Waals surface area contributed by atoms with Gasteiger partial charge in [0.05, 0.1) is 20.3 Å². The molecular weight excluding hydrogens is 416 g/mol. The van der Waals surface area contributed by atoms with E-state index in [0.717, 1.165) is 56.9 Å². The van der Waals surface area contributed by atoms with Gasteiger partial charge in [0.25, 0.3) is 0 Å². The summed E-state index contributed by atoms with van der Waals surface area (Å²) in [6, 6.07) is 4.82. The van der Waals surface area contributed by atoms with Gasteiger partial charge in [-0.1, -0.05) is 44.6 Å². The molecule has 8 heteroatoms. The lowest BCUT2D eigenvalue weighted by atomic mass is 10.1. The van der Waals surface area contributed by atoms with Crippen LogP contribution in [0.5, 0.6) is 11.5 Å². The van der Waals surface area contributed by atoms with Crippen molar-refractivity contribution in [3.63, 3.8) is 0 Å². The van der Waals surface area contributed by atoms with Crippen LogP contribution in [0.4, 0.5) is 0 Å². The van der Waals surface area contributed by atoms with Gasteiger partial charge in [0, 0.05) is 12.5 Å². The van der Waals surface area contributed by atoms with Gasteiger partial charge >= 0.3 is 11.9 Å². The Kier molecular flexibility index (Phi) is 14.6. The van der Waals surface area contributed by atoms with Crippen LogP contribution in [0, 0.1) is 0 Å². The van der Waals surface area contributed by atoms with Gasteiger partial charge in [-0.3, -0.25) is 4.79 Å². The van der Waals surface area contributed by atoms with Gasteiger partial charge in [-0.15, -0.1) is 0 Å². The number of methoxy groups -OCH3 is 1. The highest BCUT2D eigenvalue weighted by Gasteiger charge is 2.07. The fraction of sp³-hybridized carbons (Fsp3) is 0.583. The molecule has 0 saturated heterocycles. The van der Waals surface area contributed by atoms with Gasteiger partial charge in [-0.25, -0.2) is 4.79 Å². The van der Waals surface area contributed by atoms with Crippen LogP contribution >= 0.6 is 0 Å². The van der Waals surface area contributed by atoms with Gasteiger partial charge in [-0.05, 0) is 36.6 Å². The number of unbranched alkanes of at least 4 members (excludes halogenated alkanes) is 7. The normalized spacial score (nSPS) is 12.0. The van der Waals surface area contributed by atoms with Crippen LogP contribution in [0.1, 0.15) is 63.4 Å². The second-order valence-corrected chi connectivity index (χ2v) is 7.53. The van der Waals surface area contributed by atoms with Gasteiger partial charge in [0.15, 0.2) is 11.5 Å². The van der Waals surface area contributed by atoms with E-state index in [1.807, 2.05) is 0 Å². The second kappa shape index (κ2) is 17.0. The van der Waals surface area contributed by atoms with E-state index in [4.69, 9.17) is 24.4 Å². The molecule has 32 heavy (non-hydrogen) atoms. The molecule has 0 heterocycles. The second-order valence-electron chi connectivity index (χ2n) is 7.53. The number of esters is 2. The average molecular weight is 453 g/mol. The molecule has 0 saturated carbocycles. The Labute approximate surface area is 189 Å².